The summed E-state index contributed by atoms with van der Waals surface area (Å²) in [4.78, 5) is 35.5. The number of carbonyl (C=O) groups is 1. The third kappa shape index (κ3) is 5.74. The SMILES string of the molecule is CC(=O)c1cccc2c1nnn2[C@@H]1O[C@@H]2COP(O)(=S)OCC3[C@@H](COP(=O)(S)O[C@H]2[C@@H]1F)C[C@H]3n1cnc2c(N)nc(N)nc21. The molecule has 0 bridgehead atoms. The van der Waals surface area contributed by atoms with Gasteiger partial charge >= 0.3 is 13.5 Å². The number of benzene rings is 1. The van der Waals surface area contributed by atoms with Crippen molar-refractivity contribution in [2.75, 3.05) is 31.3 Å². The number of anilines is 2. The van der Waals surface area contributed by atoms with Crippen LogP contribution in [0.4, 0.5) is 16.2 Å². The number of hydrogen-bond acceptors (Lipinski definition) is 15. The number of nitrogens with zero attached hydrogens (tertiary/aromatic N) is 7. The zero-order valence-electron chi connectivity index (χ0n) is 23.9. The first-order chi connectivity index (χ1) is 21.8. The van der Waals surface area contributed by atoms with Crippen LogP contribution in [0.1, 0.15) is 36.0 Å². The maximum absolute atomic E-state index is 16.1. The molecule has 3 aliphatic rings. The van der Waals surface area contributed by atoms with E-state index in [9.17, 15) is 14.3 Å². The molecule has 17 nitrogen and oxygen atoms in total. The number of halogens is 1. The molecule has 3 fully saturated rings. The van der Waals surface area contributed by atoms with Gasteiger partial charge in [-0.2, -0.15) is 9.97 Å². The fraction of sp³-hybridized carbons (Fsp3) is 0.500. The van der Waals surface area contributed by atoms with Gasteiger partial charge in [0.2, 0.25) is 5.95 Å². The maximum atomic E-state index is 16.1. The summed E-state index contributed by atoms with van der Waals surface area (Å²) in [7, 11) is 0. The molecule has 1 saturated carbocycles. The highest BCUT2D eigenvalue weighted by molar-refractivity contribution is 8.44. The van der Waals surface area contributed by atoms with Crippen LogP contribution in [0.25, 0.3) is 22.2 Å². The van der Waals surface area contributed by atoms with E-state index in [1.165, 1.54) is 6.92 Å². The lowest BCUT2D eigenvalue weighted by atomic mass is 9.70. The van der Waals surface area contributed by atoms with Crippen molar-refractivity contribution >= 4 is 77.3 Å². The summed E-state index contributed by atoms with van der Waals surface area (Å²) < 4.78 is 61.1. The molecule has 3 unspecified atom stereocenters. The molecule has 0 radical (unpaired) electrons. The number of ketones is 1. The molecule has 5 N–H and O–H groups in total. The standard InChI is InChI=1S/C24H28FN9O8P2S2/c1-10(35)12-3-2-4-14-18(12)31-32-34(14)23-17(25)20-16(41-23)8-40-43(36,45)39-7-13-11(6-38-44(37,46)42-20)5-15(13)33-9-28-19-21(26)29-24(27)30-22(19)33/h2-4,9,11,13,15-17,20,23H,5-8H2,1H3,(H,36,45)(H,37,46)(H4,26,27,29,30)/t11-,13?,15-,16-,17+,20-,23-,43?,44?/m1/s1. The lowest BCUT2D eigenvalue weighted by Gasteiger charge is -2.45. The van der Waals surface area contributed by atoms with Gasteiger partial charge in [-0.25, -0.2) is 18.6 Å². The molecule has 2 saturated heterocycles. The van der Waals surface area contributed by atoms with Gasteiger partial charge in [0.25, 0.3) is 0 Å². The van der Waals surface area contributed by atoms with E-state index in [0.29, 0.717) is 28.7 Å². The van der Waals surface area contributed by atoms with Gasteiger partial charge in [-0.3, -0.25) is 9.32 Å². The van der Waals surface area contributed by atoms with E-state index >= 15 is 4.39 Å². The molecule has 0 amide bonds. The zero-order chi connectivity index (χ0) is 32.5. The molecule has 5 heterocycles. The van der Waals surface area contributed by atoms with Crippen LogP contribution < -0.4 is 11.5 Å². The number of aromatic nitrogens is 7. The van der Waals surface area contributed by atoms with Crippen molar-refractivity contribution in [1.82, 2.24) is 34.5 Å². The Balaban J connectivity index is 1.14. The van der Waals surface area contributed by atoms with Crippen molar-refractivity contribution in [2.45, 2.75) is 44.0 Å². The highest BCUT2D eigenvalue weighted by Crippen LogP contribution is 2.59. The van der Waals surface area contributed by atoms with E-state index < -0.39 is 44.7 Å². The summed E-state index contributed by atoms with van der Waals surface area (Å²) in [6.07, 6.45) is -4.18. The minimum atomic E-state index is -4.19. The molecular formula is C24H28FN9O8P2S2. The smallest absolute Gasteiger partial charge is 0.382 e. The van der Waals surface area contributed by atoms with Crippen molar-refractivity contribution in [3.05, 3.63) is 30.1 Å². The molecule has 7 rings (SSSR count). The third-order valence-corrected chi connectivity index (χ3v) is 11.6. The predicted molar refractivity (Wildman–Crippen MR) is 167 cm³/mol. The van der Waals surface area contributed by atoms with E-state index in [2.05, 4.69) is 37.5 Å². The number of rotatable bonds is 3. The Morgan fingerprint density at radius 3 is 2.74 bits per heavy atom. The normalized spacial score (nSPS) is 35.4. The van der Waals surface area contributed by atoms with E-state index in [-0.39, 0.29) is 54.2 Å². The second kappa shape index (κ2) is 11.8. The van der Waals surface area contributed by atoms with Gasteiger partial charge in [0.1, 0.15) is 23.2 Å². The molecule has 46 heavy (non-hydrogen) atoms. The third-order valence-electron chi connectivity index (χ3n) is 8.40. The van der Waals surface area contributed by atoms with E-state index in [1.54, 1.807) is 29.1 Å². The van der Waals surface area contributed by atoms with Crippen LogP contribution in [-0.4, -0.2) is 83.4 Å². The van der Waals surface area contributed by atoms with Crippen LogP contribution in [0.15, 0.2) is 24.5 Å². The van der Waals surface area contributed by atoms with Crippen LogP contribution in [0.5, 0.6) is 0 Å². The fourth-order valence-corrected chi connectivity index (χ4v) is 8.74. The van der Waals surface area contributed by atoms with Gasteiger partial charge in [-0.15, -0.1) is 5.10 Å². The first kappa shape index (κ1) is 31.9. The molecule has 1 aromatic carbocycles. The molecule has 3 aromatic heterocycles. The quantitative estimate of drug-likeness (QED) is 0.136. The predicted octanol–water partition coefficient (Wildman–Crippen LogP) is 2.75. The molecule has 9 atom stereocenters. The van der Waals surface area contributed by atoms with E-state index in [1.807, 2.05) is 0 Å². The summed E-state index contributed by atoms with van der Waals surface area (Å²) >= 11 is 9.40. The summed E-state index contributed by atoms with van der Waals surface area (Å²) in [6, 6.07) is 4.51. The molecule has 2 aliphatic heterocycles. The molecule has 1 aliphatic carbocycles. The number of nitrogens with two attached hydrogens (primary N) is 2. The lowest BCUT2D eigenvalue weighted by Crippen LogP contribution is -2.43. The average molecular weight is 716 g/mol. The molecule has 4 aromatic rings. The number of Topliss-reactive ketones (excluding diaryl/α,β-unsaturated/α-hetero) is 1. The number of thiol groups is 1. The van der Waals surface area contributed by atoms with E-state index in [4.69, 9.17) is 46.1 Å². The Bertz CT molecular complexity index is 1950. The van der Waals surface area contributed by atoms with Crippen molar-refractivity contribution in [2.24, 2.45) is 11.8 Å². The number of imidazole rings is 1. The Kier molecular flexibility index (Phi) is 8.19. The highest BCUT2D eigenvalue weighted by Gasteiger charge is 2.52. The molecular weight excluding hydrogens is 687 g/mol. The summed E-state index contributed by atoms with van der Waals surface area (Å²) in [5.74, 6) is -0.780. The number of nitrogen functional groups attached to an aromatic ring is 2. The summed E-state index contributed by atoms with van der Waals surface area (Å²) in [5.41, 5.74) is 13.4. The Morgan fingerprint density at radius 1 is 1.17 bits per heavy atom. The minimum Gasteiger partial charge on any atom is -0.382 e. The van der Waals surface area contributed by atoms with Crippen LogP contribution in [-0.2, 0) is 39.2 Å². The van der Waals surface area contributed by atoms with Gasteiger partial charge in [0, 0.05) is 17.5 Å². The molecule has 22 heteroatoms. The van der Waals surface area contributed by atoms with Gasteiger partial charge in [0.15, 0.2) is 29.6 Å². The first-order valence-electron chi connectivity index (χ1n) is 14.0. The fourth-order valence-electron chi connectivity index (χ4n) is 6.08. The summed E-state index contributed by atoms with van der Waals surface area (Å²) in [5, 5.41) is 8.06. The van der Waals surface area contributed by atoms with Crippen LogP contribution in [0.3, 0.4) is 0 Å². The van der Waals surface area contributed by atoms with Crippen molar-refractivity contribution in [3.63, 3.8) is 0 Å². The molecule has 246 valence electrons. The van der Waals surface area contributed by atoms with E-state index in [0.717, 1.165) is 4.68 Å². The van der Waals surface area contributed by atoms with Crippen molar-refractivity contribution in [1.29, 1.82) is 0 Å². The maximum Gasteiger partial charge on any atom is 0.386 e. The Labute approximate surface area is 270 Å². The Morgan fingerprint density at radius 2 is 1.96 bits per heavy atom. The zero-order valence-corrected chi connectivity index (χ0v) is 27.4. The summed E-state index contributed by atoms with van der Waals surface area (Å²) in [6.45, 7) is -7.39. The number of fused-ring (bicyclic) bond motifs is 4. The van der Waals surface area contributed by atoms with Gasteiger partial charge < -0.3 is 39.2 Å². The second-order valence-corrected chi connectivity index (χ2v) is 16.9. The monoisotopic (exact) mass is 715 g/mol. The molecule has 0 spiro atoms. The highest BCUT2D eigenvalue weighted by atomic mass is 32.7. The van der Waals surface area contributed by atoms with Gasteiger partial charge in [-0.05, 0) is 43.2 Å². The van der Waals surface area contributed by atoms with Gasteiger partial charge in [0.05, 0.1) is 31.7 Å². The number of alkyl halides is 1. The lowest BCUT2D eigenvalue weighted by molar-refractivity contribution is -0.0476. The average Bonchev–Trinajstić information content (AvgIpc) is 3.67. The van der Waals surface area contributed by atoms with Crippen molar-refractivity contribution in [3.8, 4) is 0 Å². The number of carbonyl (C=O) groups excluding carboxylic acids is 1. The van der Waals surface area contributed by atoms with Crippen LogP contribution in [0.2, 0.25) is 0 Å². The number of hydrogen-bond donors (Lipinski definition) is 4. The van der Waals surface area contributed by atoms with Crippen molar-refractivity contribution < 1.29 is 41.5 Å². The topological polar surface area (TPSA) is 227 Å². The van der Waals surface area contributed by atoms with Gasteiger partial charge in [-0.1, -0.05) is 23.5 Å². The minimum absolute atomic E-state index is 0.0245. The van der Waals surface area contributed by atoms with Crippen LogP contribution in [0, 0.1) is 11.8 Å². The second-order valence-electron chi connectivity index (χ2n) is 11.2. The Hall–Kier alpha value is -2.64. The first-order valence-corrected chi connectivity index (χ1v) is 19.3. The van der Waals surface area contributed by atoms with Crippen LogP contribution >= 0.6 is 25.8 Å². The largest absolute Gasteiger partial charge is 0.386 e. The number of ether oxygens (including phenoxy) is 1.